The van der Waals surface area contributed by atoms with Gasteiger partial charge in [-0.25, -0.2) is 0 Å². The van der Waals surface area contributed by atoms with Crippen molar-refractivity contribution in [1.29, 1.82) is 0 Å². The lowest BCUT2D eigenvalue weighted by molar-refractivity contribution is -0.308. The Labute approximate surface area is 197 Å². The van der Waals surface area contributed by atoms with E-state index in [4.69, 9.17) is 26.9 Å². The van der Waals surface area contributed by atoms with Gasteiger partial charge in [0.25, 0.3) is 0 Å². The van der Waals surface area contributed by atoms with E-state index >= 15 is 0 Å². The number of rotatable bonds is 10. The molecule has 1 unspecified atom stereocenters. The zero-order valence-electron chi connectivity index (χ0n) is 22.8. The highest BCUT2D eigenvalue weighted by atomic mass is 28.4. The summed E-state index contributed by atoms with van der Waals surface area (Å²) in [4.78, 5) is 0. The molecule has 0 amide bonds. The first kappa shape index (κ1) is 29.9. The average molecular weight is 527 g/mol. The minimum absolute atomic E-state index is 0.290. The van der Waals surface area contributed by atoms with Crippen molar-refractivity contribution in [2.45, 2.75) is 129 Å². The molecule has 11 heteroatoms. The number of hydrogen-bond acceptors (Lipinski definition) is 6. The van der Waals surface area contributed by atoms with Crippen molar-refractivity contribution in [3.8, 4) is 0 Å². The van der Waals surface area contributed by atoms with Crippen molar-refractivity contribution in [3.05, 3.63) is 0 Å². The predicted molar refractivity (Wildman–Crippen MR) is 142 cm³/mol. The summed E-state index contributed by atoms with van der Waals surface area (Å²) < 4.78 is 39.9. The Morgan fingerprint density at radius 1 is 0.355 bits per heavy atom. The molecule has 1 heterocycles. The molecule has 1 aliphatic heterocycles. The predicted octanol–water partition coefficient (Wildman–Crippen LogP) is 6.03. The number of ether oxygens (including phenoxy) is 1. The molecule has 5 atom stereocenters. The molecule has 0 radical (unpaired) electrons. The summed E-state index contributed by atoms with van der Waals surface area (Å²) in [7, 11) is -9.61. The van der Waals surface area contributed by atoms with Gasteiger partial charge in [-0.3, -0.25) is 0 Å². The van der Waals surface area contributed by atoms with Crippen molar-refractivity contribution >= 4 is 41.6 Å². The van der Waals surface area contributed by atoms with Crippen LogP contribution in [0.3, 0.4) is 0 Å². The Morgan fingerprint density at radius 3 is 0.806 bits per heavy atom. The third-order valence-corrected chi connectivity index (χ3v) is 8.68. The molecule has 1 rings (SSSR count). The highest BCUT2D eigenvalue weighted by Crippen LogP contribution is 2.36. The zero-order chi connectivity index (χ0) is 24.6. The van der Waals surface area contributed by atoms with Gasteiger partial charge >= 0.3 is 0 Å². The second-order valence-electron chi connectivity index (χ2n) is 13.4. The molecule has 0 spiro atoms. The molecule has 0 aromatic rings. The fourth-order valence-corrected chi connectivity index (χ4v) is 8.26. The van der Waals surface area contributed by atoms with Crippen LogP contribution in [0.5, 0.6) is 0 Å². The van der Waals surface area contributed by atoms with Gasteiger partial charge in [0.1, 0.15) is 18.3 Å². The van der Waals surface area contributed by atoms with Crippen LogP contribution >= 0.6 is 0 Å². The first-order chi connectivity index (χ1) is 13.5. The highest BCUT2D eigenvalue weighted by Gasteiger charge is 2.53. The fourth-order valence-electron chi connectivity index (χ4n) is 3.27. The van der Waals surface area contributed by atoms with Gasteiger partial charge in [0.15, 0.2) is 54.2 Å². The van der Waals surface area contributed by atoms with Gasteiger partial charge in [-0.2, -0.15) is 0 Å². The van der Waals surface area contributed by atoms with Gasteiger partial charge < -0.3 is 26.9 Å². The minimum Gasteiger partial charge on any atom is -0.409 e. The summed E-state index contributed by atoms with van der Waals surface area (Å²) in [6, 6.07) is 0. The van der Waals surface area contributed by atoms with E-state index in [9.17, 15) is 0 Å². The van der Waals surface area contributed by atoms with Crippen LogP contribution in [0.4, 0.5) is 0 Å². The van der Waals surface area contributed by atoms with E-state index in [1.54, 1.807) is 0 Å². The van der Waals surface area contributed by atoms with Crippen LogP contribution in [0.2, 0.25) is 98.2 Å². The van der Waals surface area contributed by atoms with E-state index in [2.05, 4.69) is 98.2 Å². The maximum atomic E-state index is 6.81. The van der Waals surface area contributed by atoms with Crippen LogP contribution in [-0.2, 0) is 26.9 Å². The second-order valence-corrected chi connectivity index (χ2v) is 35.7. The van der Waals surface area contributed by atoms with Gasteiger partial charge in [0.05, 0.1) is 0 Å². The maximum absolute atomic E-state index is 6.81. The molecule has 0 aromatic carbocycles. The van der Waals surface area contributed by atoms with Gasteiger partial charge in [0.2, 0.25) is 0 Å². The Morgan fingerprint density at radius 2 is 0.581 bits per heavy atom. The summed E-state index contributed by atoms with van der Waals surface area (Å²) in [6.45, 7) is 32.9. The van der Waals surface area contributed by atoms with Gasteiger partial charge in [-0.15, -0.1) is 0 Å². The topological polar surface area (TPSA) is 55.4 Å². The van der Waals surface area contributed by atoms with Crippen LogP contribution in [0, 0.1) is 0 Å². The van der Waals surface area contributed by atoms with E-state index in [1.807, 2.05) is 0 Å². The SMILES string of the molecule is C[Si](C)(C)OC1[C@@H](O[Si](C)(C)C)[C@@H](O[Si](C)(C)C)O[C@@H](O[Si](C)(C)C)[C@@H]1O[Si](C)(C)C. The molecular formula is C20H50O6Si5. The molecule has 0 saturated carbocycles. The molecule has 1 fully saturated rings. The summed E-state index contributed by atoms with van der Waals surface area (Å²) >= 11 is 0. The van der Waals surface area contributed by atoms with Crippen LogP contribution in [0.15, 0.2) is 0 Å². The lowest BCUT2D eigenvalue weighted by Gasteiger charge is -2.52. The van der Waals surface area contributed by atoms with Gasteiger partial charge in [0, 0.05) is 0 Å². The van der Waals surface area contributed by atoms with Crippen LogP contribution in [-0.4, -0.2) is 72.5 Å². The summed E-state index contributed by atoms with van der Waals surface area (Å²) in [5, 5.41) is 0. The standard InChI is InChI=1S/C20H50O6Si5/c1-27(2,3)22-16-17(23-28(4,5)6)19(25-30(10,11)12)21-20(26-31(13,14)15)18(16)24-29(7,8)9/h16-20H,1-15H3/t16?,17-,18-,19-,20+/m1/s1. The van der Waals surface area contributed by atoms with Crippen molar-refractivity contribution in [2.24, 2.45) is 0 Å². The van der Waals surface area contributed by atoms with Crippen LogP contribution in [0.25, 0.3) is 0 Å². The summed E-state index contributed by atoms with van der Waals surface area (Å²) in [5.74, 6) is 0. The van der Waals surface area contributed by atoms with Crippen molar-refractivity contribution in [2.75, 3.05) is 0 Å². The second kappa shape index (κ2) is 10.2. The van der Waals surface area contributed by atoms with Crippen molar-refractivity contribution < 1.29 is 26.9 Å². The van der Waals surface area contributed by atoms with Crippen molar-refractivity contribution in [1.82, 2.24) is 0 Å². The minimum atomic E-state index is -1.93. The Bertz CT molecular complexity index is 529. The fraction of sp³-hybridized carbons (Fsp3) is 1.00. The maximum Gasteiger partial charge on any atom is 0.187 e. The van der Waals surface area contributed by atoms with Gasteiger partial charge in [-0.05, 0) is 98.2 Å². The Hall–Kier alpha value is 0.844. The molecule has 31 heavy (non-hydrogen) atoms. The molecule has 1 aliphatic rings. The highest BCUT2D eigenvalue weighted by molar-refractivity contribution is 6.71. The lowest BCUT2D eigenvalue weighted by atomic mass is 10.0. The van der Waals surface area contributed by atoms with E-state index in [0.717, 1.165) is 0 Å². The van der Waals surface area contributed by atoms with E-state index in [1.165, 1.54) is 0 Å². The molecule has 6 nitrogen and oxygen atoms in total. The Kier molecular flexibility index (Phi) is 9.85. The van der Waals surface area contributed by atoms with E-state index < -0.39 is 54.2 Å². The number of hydrogen-bond donors (Lipinski definition) is 0. The molecular weight excluding hydrogens is 477 g/mol. The monoisotopic (exact) mass is 526 g/mol. The quantitative estimate of drug-likeness (QED) is 0.324. The smallest absolute Gasteiger partial charge is 0.187 e. The third kappa shape index (κ3) is 12.2. The lowest BCUT2D eigenvalue weighted by Crippen LogP contribution is -2.67. The Balaban J connectivity index is 3.54. The first-order valence-electron chi connectivity index (χ1n) is 11.5. The largest absolute Gasteiger partial charge is 0.409 e. The molecule has 1 saturated heterocycles. The van der Waals surface area contributed by atoms with E-state index in [0.29, 0.717) is 0 Å². The normalized spacial score (nSPS) is 29.3. The molecule has 0 bridgehead atoms. The summed E-state index contributed by atoms with van der Waals surface area (Å²) in [5.41, 5.74) is 0. The molecule has 0 aliphatic carbocycles. The molecule has 186 valence electrons. The third-order valence-electron chi connectivity index (χ3n) is 3.86. The average Bonchev–Trinajstić information content (AvgIpc) is 2.39. The van der Waals surface area contributed by atoms with Crippen LogP contribution < -0.4 is 0 Å². The molecule has 0 N–H and O–H groups in total. The van der Waals surface area contributed by atoms with Gasteiger partial charge in [-0.1, -0.05) is 0 Å². The molecule has 0 aromatic heterocycles. The summed E-state index contributed by atoms with van der Waals surface area (Å²) in [6.07, 6.45) is -2.02. The zero-order valence-corrected chi connectivity index (χ0v) is 27.8. The van der Waals surface area contributed by atoms with Crippen LogP contribution in [0.1, 0.15) is 0 Å². The van der Waals surface area contributed by atoms with Crippen molar-refractivity contribution in [3.63, 3.8) is 0 Å². The van der Waals surface area contributed by atoms with E-state index in [-0.39, 0.29) is 18.3 Å². The first-order valence-corrected chi connectivity index (χ1v) is 28.5.